The van der Waals surface area contributed by atoms with Crippen LogP contribution >= 0.6 is 38.9 Å². The summed E-state index contributed by atoms with van der Waals surface area (Å²) >= 11 is 11.2. The highest BCUT2D eigenvalue weighted by Crippen LogP contribution is 2.33. The van der Waals surface area contributed by atoms with E-state index >= 15 is 0 Å². The van der Waals surface area contributed by atoms with Gasteiger partial charge < -0.3 is 10.1 Å². The summed E-state index contributed by atoms with van der Waals surface area (Å²) in [5.74, 6) is 0.828. The van der Waals surface area contributed by atoms with Crippen molar-refractivity contribution in [1.29, 1.82) is 0 Å². The molecule has 0 aliphatic heterocycles. The van der Waals surface area contributed by atoms with Crippen molar-refractivity contribution in [3.05, 3.63) is 44.0 Å². The largest absolute Gasteiger partial charge is 0.492 e. The third-order valence-corrected chi connectivity index (χ3v) is 4.74. The lowest BCUT2D eigenvalue weighted by Crippen LogP contribution is -2.07. The highest BCUT2D eigenvalue weighted by Gasteiger charge is 2.11. The zero-order valence-electron chi connectivity index (χ0n) is 10.7. The molecule has 0 radical (unpaired) electrons. The number of thiophene rings is 1. The van der Waals surface area contributed by atoms with Gasteiger partial charge in [-0.15, -0.1) is 11.3 Å². The molecule has 19 heavy (non-hydrogen) atoms. The second-order valence-electron chi connectivity index (χ2n) is 4.11. The van der Waals surface area contributed by atoms with Crippen LogP contribution in [0.15, 0.2) is 34.1 Å². The highest BCUT2D eigenvalue weighted by molar-refractivity contribution is 9.10. The van der Waals surface area contributed by atoms with Gasteiger partial charge in [0.1, 0.15) is 5.75 Å². The molecule has 1 aromatic heterocycles. The Hall–Kier alpha value is -0.710. The van der Waals surface area contributed by atoms with Gasteiger partial charge in [0.05, 0.1) is 18.3 Å². The number of halogens is 2. The maximum Gasteiger partial charge on any atom is 0.142 e. The van der Waals surface area contributed by atoms with Crippen molar-refractivity contribution in [2.45, 2.75) is 19.9 Å². The van der Waals surface area contributed by atoms with Gasteiger partial charge >= 0.3 is 0 Å². The second-order valence-corrected chi connectivity index (χ2v) is 6.40. The molecule has 1 aromatic carbocycles. The van der Waals surface area contributed by atoms with Gasteiger partial charge in [0.2, 0.25) is 0 Å². The Morgan fingerprint density at radius 2 is 2.21 bits per heavy atom. The zero-order valence-corrected chi connectivity index (χ0v) is 13.9. The molecule has 2 nitrogen and oxygen atoms in total. The average Bonchev–Trinajstić information content (AvgIpc) is 2.80. The van der Waals surface area contributed by atoms with Gasteiger partial charge in [-0.05, 0) is 54.0 Å². The van der Waals surface area contributed by atoms with Gasteiger partial charge in [-0.25, -0.2) is 0 Å². The Kier molecular flexibility index (Phi) is 5.13. The van der Waals surface area contributed by atoms with Crippen molar-refractivity contribution in [3.8, 4) is 5.75 Å². The quantitative estimate of drug-likeness (QED) is 0.734. The maximum atomic E-state index is 6.05. The first-order chi connectivity index (χ1) is 9.10. The minimum atomic E-state index is 0.203. The molecular weight excluding hydrogens is 346 g/mol. The number of rotatable bonds is 5. The summed E-state index contributed by atoms with van der Waals surface area (Å²) in [6.07, 6.45) is 0. The molecule has 0 aliphatic rings. The topological polar surface area (TPSA) is 21.3 Å². The minimum absolute atomic E-state index is 0.203. The third kappa shape index (κ3) is 3.88. The number of ether oxygens (including phenoxy) is 1. The lowest BCUT2D eigenvalue weighted by molar-refractivity contribution is 0.341. The number of benzene rings is 1. The molecule has 0 aliphatic carbocycles. The van der Waals surface area contributed by atoms with Crippen LogP contribution in [0.1, 0.15) is 24.8 Å². The number of hydrogen-bond donors (Lipinski definition) is 1. The van der Waals surface area contributed by atoms with Gasteiger partial charge in [-0.3, -0.25) is 0 Å². The average molecular weight is 361 g/mol. The Morgan fingerprint density at radius 3 is 2.84 bits per heavy atom. The Labute approximate surface area is 130 Å². The first-order valence-corrected chi connectivity index (χ1v) is 8.08. The lowest BCUT2D eigenvalue weighted by Gasteiger charge is -2.17. The predicted molar refractivity (Wildman–Crippen MR) is 86.7 cm³/mol. The molecule has 102 valence electrons. The van der Waals surface area contributed by atoms with Gasteiger partial charge in [0.15, 0.2) is 0 Å². The molecule has 0 amide bonds. The molecule has 2 aromatic rings. The molecule has 0 spiro atoms. The van der Waals surface area contributed by atoms with Crippen molar-refractivity contribution < 1.29 is 4.74 Å². The van der Waals surface area contributed by atoms with E-state index in [2.05, 4.69) is 39.6 Å². The zero-order chi connectivity index (χ0) is 13.8. The first-order valence-electron chi connectivity index (χ1n) is 6.03. The Bertz CT molecular complexity index is 558. The molecule has 0 saturated heterocycles. The van der Waals surface area contributed by atoms with Crippen LogP contribution in [0.5, 0.6) is 5.75 Å². The van der Waals surface area contributed by atoms with E-state index in [4.69, 9.17) is 16.3 Å². The van der Waals surface area contributed by atoms with E-state index in [1.54, 1.807) is 11.3 Å². The van der Waals surface area contributed by atoms with E-state index < -0.39 is 0 Å². The summed E-state index contributed by atoms with van der Waals surface area (Å²) < 4.78 is 6.72. The van der Waals surface area contributed by atoms with Crippen molar-refractivity contribution >= 4 is 44.6 Å². The molecule has 2 rings (SSSR count). The molecule has 1 atom stereocenters. The van der Waals surface area contributed by atoms with E-state index in [0.29, 0.717) is 11.6 Å². The molecule has 1 N–H and O–H groups in total. The van der Waals surface area contributed by atoms with Crippen molar-refractivity contribution in [1.82, 2.24) is 0 Å². The fourth-order valence-corrected chi connectivity index (χ4v) is 3.38. The SMILES string of the molecule is CCOc1ccc(Cl)cc1NC(C)c1cc(Br)cs1. The van der Waals surface area contributed by atoms with Crippen molar-refractivity contribution in [3.63, 3.8) is 0 Å². The van der Waals surface area contributed by atoms with E-state index in [-0.39, 0.29) is 6.04 Å². The standard InChI is InChI=1S/C14H15BrClNOS/c1-3-18-13-5-4-11(16)7-12(13)17-9(2)14-6-10(15)8-19-14/h4-9,17H,3H2,1-2H3. The molecule has 0 saturated carbocycles. The minimum Gasteiger partial charge on any atom is -0.492 e. The van der Waals surface area contributed by atoms with Crippen LogP contribution in [-0.2, 0) is 0 Å². The van der Waals surface area contributed by atoms with Crippen LogP contribution in [0.4, 0.5) is 5.69 Å². The van der Waals surface area contributed by atoms with E-state index in [1.165, 1.54) is 4.88 Å². The van der Waals surface area contributed by atoms with E-state index in [1.807, 2.05) is 25.1 Å². The predicted octanol–water partition coefficient (Wildman–Crippen LogP) is 5.74. The summed E-state index contributed by atoms with van der Waals surface area (Å²) in [5.41, 5.74) is 0.923. The van der Waals surface area contributed by atoms with Crippen LogP contribution in [0.25, 0.3) is 0 Å². The fourth-order valence-electron chi connectivity index (χ4n) is 1.76. The molecule has 5 heteroatoms. The Balaban J connectivity index is 2.19. The molecular formula is C14H15BrClNOS. The molecule has 1 unspecified atom stereocenters. The fraction of sp³-hybridized carbons (Fsp3) is 0.286. The monoisotopic (exact) mass is 359 g/mol. The molecule has 1 heterocycles. The summed E-state index contributed by atoms with van der Waals surface area (Å²) in [6.45, 7) is 4.72. The van der Waals surface area contributed by atoms with Crippen LogP contribution in [-0.4, -0.2) is 6.61 Å². The van der Waals surface area contributed by atoms with Crippen molar-refractivity contribution in [2.24, 2.45) is 0 Å². The van der Waals surface area contributed by atoms with Gasteiger partial charge in [-0.1, -0.05) is 11.6 Å². The summed E-state index contributed by atoms with van der Waals surface area (Å²) in [7, 11) is 0. The number of nitrogens with one attached hydrogen (secondary N) is 1. The number of hydrogen-bond acceptors (Lipinski definition) is 3. The molecule has 0 fully saturated rings. The highest BCUT2D eigenvalue weighted by atomic mass is 79.9. The normalized spacial score (nSPS) is 12.2. The van der Waals surface area contributed by atoms with E-state index in [9.17, 15) is 0 Å². The Morgan fingerprint density at radius 1 is 1.42 bits per heavy atom. The summed E-state index contributed by atoms with van der Waals surface area (Å²) in [6, 6.07) is 7.95. The first kappa shape index (κ1) is 14.7. The van der Waals surface area contributed by atoms with Crippen molar-refractivity contribution in [2.75, 3.05) is 11.9 Å². The van der Waals surface area contributed by atoms with E-state index in [0.717, 1.165) is 15.9 Å². The maximum absolute atomic E-state index is 6.05. The lowest BCUT2D eigenvalue weighted by atomic mass is 10.2. The van der Waals surface area contributed by atoms with Gasteiger partial charge in [-0.2, -0.15) is 0 Å². The van der Waals surface area contributed by atoms with Crippen LogP contribution in [0.3, 0.4) is 0 Å². The third-order valence-electron chi connectivity index (χ3n) is 2.63. The summed E-state index contributed by atoms with van der Waals surface area (Å²) in [4.78, 5) is 1.26. The van der Waals surface area contributed by atoms with Gasteiger partial charge in [0.25, 0.3) is 0 Å². The number of anilines is 1. The smallest absolute Gasteiger partial charge is 0.142 e. The van der Waals surface area contributed by atoms with Gasteiger partial charge in [0, 0.05) is 19.8 Å². The second kappa shape index (κ2) is 6.64. The summed E-state index contributed by atoms with van der Waals surface area (Å²) in [5, 5.41) is 6.22. The van der Waals surface area contributed by atoms with Crippen LogP contribution in [0, 0.1) is 0 Å². The molecule has 0 bridgehead atoms. The van der Waals surface area contributed by atoms with Crippen LogP contribution < -0.4 is 10.1 Å². The van der Waals surface area contributed by atoms with Crippen LogP contribution in [0.2, 0.25) is 5.02 Å².